The summed E-state index contributed by atoms with van der Waals surface area (Å²) in [7, 11) is 3.95. The smallest absolute Gasteiger partial charge is 0.234 e. The molecular weight excluding hydrogens is 278 g/mol. The zero-order chi connectivity index (χ0) is 16.3. The summed E-state index contributed by atoms with van der Waals surface area (Å²) in [6.07, 6.45) is 5.54. The van der Waals surface area contributed by atoms with E-state index in [0.717, 1.165) is 18.1 Å². The predicted molar refractivity (Wildman–Crippen MR) is 87.2 cm³/mol. The predicted octanol–water partition coefficient (Wildman–Crippen LogP) is 2.76. The van der Waals surface area contributed by atoms with Gasteiger partial charge in [-0.3, -0.25) is 9.67 Å². The van der Waals surface area contributed by atoms with Crippen molar-refractivity contribution in [3.05, 3.63) is 29.8 Å². The normalized spacial score (nSPS) is 11.3. The van der Waals surface area contributed by atoms with E-state index in [9.17, 15) is 0 Å². The van der Waals surface area contributed by atoms with Crippen LogP contribution in [0.1, 0.15) is 44.9 Å². The van der Waals surface area contributed by atoms with Crippen molar-refractivity contribution in [1.29, 1.82) is 0 Å². The SMILES string of the molecule is CC(C)Oc1cncc(N(C)Cc2cn(C)nc2C(C)C)n1. The molecule has 0 saturated carbocycles. The van der Waals surface area contributed by atoms with Crippen LogP contribution in [0.4, 0.5) is 5.82 Å². The Morgan fingerprint density at radius 3 is 2.59 bits per heavy atom. The summed E-state index contributed by atoms with van der Waals surface area (Å²) in [6.45, 7) is 9.00. The second-order valence-electron chi connectivity index (χ2n) is 6.11. The van der Waals surface area contributed by atoms with Gasteiger partial charge in [-0.15, -0.1) is 0 Å². The molecule has 0 atom stereocenters. The lowest BCUT2D eigenvalue weighted by atomic mass is 10.1. The van der Waals surface area contributed by atoms with Gasteiger partial charge >= 0.3 is 0 Å². The minimum Gasteiger partial charge on any atom is -0.474 e. The van der Waals surface area contributed by atoms with Gasteiger partial charge in [0.05, 0.1) is 24.2 Å². The summed E-state index contributed by atoms with van der Waals surface area (Å²) in [5.74, 6) is 1.73. The van der Waals surface area contributed by atoms with Gasteiger partial charge in [0.25, 0.3) is 0 Å². The van der Waals surface area contributed by atoms with Gasteiger partial charge < -0.3 is 9.64 Å². The molecule has 6 heteroatoms. The van der Waals surface area contributed by atoms with E-state index in [4.69, 9.17) is 4.74 Å². The third kappa shape index (κ3) is 3.96. The number of nitrogens with zero attached hydrogens (tertiary/aromatic N) is 5. The van der Waals surface area contributed by atoms with Crippen LogP contribution in [0.15, 0.2) is 18.6 Å². The summed E-state index contributed by atoms with van der Waals surface area (Å²) in [4.78, 5) is 10.8. The molecule has 2 aromatic heterocycles. The van der Waals surface area contributed by atoms with Crippen LogP contribution in [-0.2, 0) is 13.6 Å². The van der Waals surface area contributed by atoms with Crippen LogP contribution in [-0.4, -0.2) is 32.9 Å². The molecule has 0 fully saturated rings. The summed E-state index contributed by atoms with van der Waals surface area (Å²) >= 11 is 0. The first-order chi connectivity index (χ1) is 10.4. The highest BCUT2D eigenvalue weighted by atomic mass is 16.5. The van der Waals surface area contributed by atoms with Crippen molar-refractivity contribution in [2.75, 3.05) is 11.9 Å². The minimum absolute atomic E-state index is 0.0840. The van der Waals surface area contributed by atoms with Crippen LogP contribution >= 0.6 is 0 Å². The molecule has 0 aromatic carbocycles. The van der Waals surface area contributed by atoms with E-state index in [1.54, 1.807) is 12.4 Å². The molecular formula is C16H25N5O. The largest absolute Gasteiger partial charge is 0.474 e. The number of hydrogen-bond donors (Lipinski definition) is 0. The lowest BCUT2D eigenvalue weighted by Gasteiger charge is -2.19. The topological polar surface area (TPSA) is 56.1 Å². The molecule has 0 N–H and O–H groups in total. The van der Waals surface area contributed by atoms with E-state index in [1.165, 1.54) is 5.56 Å². The van der Waals surface area contributed by atoms with Crippen molar-refractivity contribution >= 4 is 5.82 Å². The molecule has 0 aliphatic carbocycles. The maximum Gasteiger partial charge on any atom is 0.234 e. The fraction of sp³-hybridized carbons (Fsp3) is 0.562. The monoisotopic (exact) mass is 303 g/mol. The molecule has 0 spiro atoms. The Balaban J connectivity index is 2.17. The number of rotatable bonds is 6. The third-order valence-corrected chi connectivity index (χ3v) is 3.24. The van der Waals surface area contributed by atoms with Crippen LogP contribution < -0.4 is 9.64 Å². The summed E-state index contributed by atoms with van der Waals surface area (Å²) in [5, 5.41) is 4.54. The van der Waals surface area contributed by atoms with Crippen LogP contribution in [0.3, 0.4) is 0 Å². The average Bonchev–Trinajstić information content (AvgIpc) is 2.79. The Bertz CT molecular complexity index is 621. The van der Waals surface area contributed by atoms with Gasteiger partial charge in [0, 0.05) is 32.4 Å². The summed E-state index contributed by atoms with van der Waals surface area (Å²) in [5.41, 5.74) is 2.33. The first-order valence-electron chi connectivity index (χ1n) is 7.59. The molecule has 22 heavy (non-hydrogen) atoms. The molecule has 0 radical (unpaired) electrons. The van der Waals surface area contributed by atoms with E-state index in [0.29, 0.717) is 11.8 Å². The number of anilines is 1. The highest BCUT2D eigenvalue weighted by Gasteiger charge is 2.14. The number of aryl methyl sites for hydroxylation is 1. The van der Waals surface area contributed by atoms with E-state index >= 15 is 0 Å². The van der Waals surface area contributed by atoms with E-state index < -0.39 is 0 Å². The van der Waals surface area contributed by atoms with Crippen LogP contribution in [0, 0.1) is 0 Å². The van der Waals surface area contributed by atoms with Gasteiger partial charge in [-0.25, -0.2) is 0 Å². The molecule has 0 aliphatic heterocycles. The molecule has 2 rings (SSSR count). The maximum absolute atomic E-state index is 5.60. The second-order valence-corrected chi connectivity index (χ2v) is 6.11. The van der Waals surface area contributed by atoms with Gasteiger partial charge in [0.1, 0.15) is 0 Å². The molecule has 2 heterocycles. The molecule has 0 aliphatic rings. The number of ether oxygens (including phenoxy) is 1. The lowest BCUT2D eigenvalue weighted by Crippen LogP contribution is -2.19. The second kappa shape index (κ2) is 6.77. The van der Waals surface area contributed by atoms with Crippen molar-refractivity contribution in [2.24, 2.45) is 7.05 Å². The van der Waals surface area contributed by atoms with Crippen LogP contribution in [0.2, 0.25) is 0 Å². The van der Waals surface area contributed by atoms with Gasteiger partial charge in [0.15, 0.2) is 5.82 Å². The molecule has 0 amide bonds. The summed E-state index contributed by atoms with van der Waals surface area (Å²) in [6, 6.07) is 0. The van der Waals surface area contributed by atoms with Crippen molar-refractivity contribution in [2.45, 2.75) is 46.3 Å². The van der Waals surface area contributed by atoms with E-state index in [-0.39, 0.29) is 6.10 Å². The molecule has 0 saturated heterocycles. The van der Waals surface area contributed by atoms with Crippen LogP contribution in [0.25, 0.3) is 0 Å². The number of hydrogen-bond acceptors (Lipinski definition) is 5. The van der Waals surface area contributed by atoms with Gasteiger partial charge in [-0.1, -0.05) is 13.8 Å². The Morgan fingerprint density at radius 2 is 1.95 bits per heavy atom. The van der Waals surface area contributed by atoms with Gasteiger partial charge in [-0.2, -0.15) is 10.1 Å². The zero-order valence-corrected chi connectivity index (χ0v) is 14.2. The Kier molecular flexibility index (Phi) is 5.00. The molecule has 2 aromatic rings. The first kappa shape index (κ1) is 16.3. The van der Waals surface area contributed by atoms with Crippen molar-refractivity contribution in [3.63, 3.8) is 0 Å². The minimum atomic E-state index is 0.0840. The van der Waals surface area contributed by atoms with Gasteiger partial charge in [0.2, 0.25) is 5.88 Å². The van der Waals surface area contributed by atoms with Crippen molar-refractivity contribution in [3.8, 4) is 5.88 Å². The molecule has 0 bridgehead atoms. The standard InChI is InChI=1S/C16H25N5O/c1-11(2)16-13(10-21(6)19-16)9-20(5)14-7-17-8-15(18-14)22-12(3)4/h7-8,10-12H,9H2,1-6H3. The molecule has 120 valence electrons. The molecule has 0 unspecified atom stereocenters. The molecule has 6 nitrogen and oxygen atoms in total. The fourth-order valence-corrected chi connectivity index (χ4v) is 2.32. The Labute approximate surface area is 132 Å². The summed E-state index contributed by atoms with van der Waals surface area (Å²) < 4.78 is 7.47. The van der Waals surface area contributed by atoms with Crippen molar-refractivity contribution < 1.29 is 4.74 Å². The Hall–Kier alpha value is -2.11. The van der Waals surface area contributed by atoms with Gasteiger partial charge in [-0.05, 0) is 19.8 Å². The average molecular weight is 303 g/mol. The first-order valence-corrected chi connectivity index (χ1v) is 7.59. The number of aromatic nitrogens is 4. The zero-order valence-electron chi connectivity index (χ0n) is 14.2. The van der Waals surface area contributed by atoms with E-state index in [1.807, 2.05) is 32.6 Å². The highest BCUT2D eigenvalue weighted by molar-refractivity contribution is 5.38. The quantitative estimate of drug-likeness (QED) is 0.821. The lowest BCUT2D eigenvalue weighted by molar-refractivity contribution is 0.231. The third-order valence-electron chi connectivity index (χ3n) is 3.24. The maximum atomic E-state index is 5.60. The Morgan fingerprint density at radius 1 is 1.23 bits per heavy atom. The van der Waals surface area contributed by atoms with Crippen LogP contribution in [0.5, 0.6) is 5.88 Å². The van der Waals surface area contributed by atoms with Crippen molar-refractivity contribution in [1.82, 2.24) is 19.7 Å². The highest BCUT2D eigenvalue weighted by Crippen LogP contribution is 2.21. The van der Waals surface area contributed by atoms with E-state index in [2.05, 4.69) is 40.0 Å². The fourth-order valence-electron chi connectivity index (χ4n) is 2.32.